The molecule has 4 nitrogen and oxygen atoms in total. The number of carbonyl (C=O) groups excluding carboxylic acids is 1. The lowest BCUT2D eigenvalue weighted by atomic mass is 10.1. The average molecular weight is 305 g/mol. The van der Waals surface area contributed by atoms with Gasteiger partial charge in [-0.3, -0.25) is 4.79 Å². The summed E-state index contributed by atoms with van der Waals surface area (Å²) < 4.78 is 16.5. The van der Waals surface area contributed by atoms with Gasteiger partial charge >= 0.3 is 0 Å². The van der Waals surface area contributed by atoms with E-state index in [0.717, 1.165) is 23.2 Å². The average Bonchev–Trinajstić information content (AvgIpc) is 2.53. The van der Waals surface area contributed by atoms with Crippen LogP contribution in [0.15, 0.2) is 36.4 Å². The van der Waals surface area contributed by atoms with E-state index in [0.29, 0.717) is 29.5 Å². The molecule has 0 fully saturated rings. The molecule has 0 amide bonds. The van der Waals surface area contributed by atoms with E-state index in [-0.39, 0.29) is 6.79 Å². The maximum Gasteiger partial charge on any atom is 0.189 e. The predicted molar refractivity (Wildman–Crippen MR) is 77.9 cm³/mol. The van der Waals surface area contributed by atoms with Crippen LogP contribution < -0.4 is 9.47 Å². The number of hydrogen-bond donors (Lipinski definition) is 0. The van der Waals surface area contributed by atoms with Crippen molar-refractivity contribution in [1.29, 1.82) is 0 Å². The maximum absolute atomic E-state index is 10.6. The third kappa shape index (κ3) is 3.17. The molecule has 1 aliphatic heterocycles. The Labute approximate surface area is 127 Å². The largest absolute Gasteiger partial charge is 0.489 e. The molecule has 0 spiro atoms. The molecule has 0 radical (unpaired) electrons. The molecule has 0 N–H and O–H groups in total. The van der Waals surface area contributed by atoms with Crippen molar-refractivity contribution < 1.29 is 19.0 Å². The Morgan fingerprint density at radius 3 is 2.81 bits per heavy atom. The molecule has 3 rings (SSSR count). The van der Waals surface area contributed by atoms with Crippen LogP contribution in [0.3, 0.4) is 0 Å². The minimum absolute atomic E-state index is 0.232. The minimum Gasteiger partial charge on any atom is -0.489 e. The van der Waals surface area contributed by atoms with Crippen molar-refractivity contribution in [3.63, 3.8) is 0 Å². The van der Waals surface area contributed by atoms with E-state index < -0.39 is 0 Å². The minimum atomic E-state index is 0.232. The van der Waals surface area contributed by atoms with E-state index in [2.05, 4.69) is 0 Å². The van der Waals surface area contributed by atoms with E-state index in [1.807, 2.05) is 12.1 Å². The van der Waals surface area contributed by atoms with Crippen LogP contribution >= 0.6 is 11.6 Å². The van der Waals surface area contributed by atoms with Crippen LogP contribution in [-0.2, 0) is 18.0 Å². The molecule has 0 aliphatic carbocycles. The van der Waals surface area contributed by atoms with E-state index in [1.54, 1.807) is 24.3 Å². The number of carbonyl (C=O) groups is 1. The Bertz CT molecular complexity index is 652. The molecule has 5 heteroatoms. The van der Waals surface area contributed by atoms with Crippen molar-refractivity contribution in [1.82, 2.24) is 0 Å². The molecule has 0 bridgehead atoms. The van der Waals surface area contributed by atoms with Gasteiger partial charge in [-0.25, -0.2) is 0 Å². The molecule has 0 saturated heterocycles. The summed E-state index contributed by atoms with van der Waals surface area (Å²) in [5.74, 6) is 1.46. The van der Waals surface area contributed by atoms with E-state index in [4.69, 9.17) is 25.8 Å². The Hall–Kier alpha value is -2.04. The van der Waals surface area contributed by atoms with Crippen LogP contribution in [-0.4, -0.2) is 13.1 Å². The highest BCUT2D eigenvalue weighted by atomic mass is 35.5. The molecule has 0 unspecified atom stereocenters. The lowest BCUT2D eigenvalue weighted by Crippen LogP contribution is -2.14. The smallest absolute Gasteiger partial charge is 0.189 e. The summed E-state index contributed by atoms with van der Waals surface area (Å²) in [6.45, 7) is 1.05. The van der Waals surface area contributed by atoms with E-state index >= 15 is 0 Å². The fourth-order valence-corrected chi connectivity index (χ4v) is 2.43. The quantitative estimate of drug-likeness (QED) is 0.810. The summed E-state index contributed by atoms with van der Waals surface area (Å²) in [6, 6.07) is 10.6. The molecule has 21 heavy (non-hydrogen) atoms. The Morgan fingerprint density at radius 2 is 2.05 bits per heavy atom. The molecule has 2 aromatic rings. The van der Waals surface area contributed by atoms with E-state index in [9.17, 15) is 4.79 Å². The van der Waals surface area contributed by atoms with Crippen LogP contribution in [0.25, 0.3) is 0 Å². The van der Waals surface area contributed by atoms with Gasteiger partial charge in [-0.2, -0.15) is 0 Å². The third-order valence-electron chi connectivity index (χ3n) is 3.16. The summed E-state index contributed by atoms with van der Waals surface area (Å²) in [7, 11) is 0. The van der Waals surface area contributed by atoms with Gasteiger partial charge in [0.15, 0.2) is 6.79 Å². The van der Waals surface area contributed by atoms with Crippen LogP contribution in [0.5, 0.6) is 11.5 Å². The number of benzene rings is 2. The number of ether oxygens (including phenoxy) is 3. The number of halogens is 1. The van der Waals surface area contributed by atoms with Crippen molar-refractivity contribution in [3.8, 4) is 11.5 Å². The second kappa shape index (κ2) is 6.16. The highest BCUT2D eigenvalue weighted by Gasteiger charge is 2.16. The fourth-order valence-electron chi connectivity index (χ4n) is 2.17. The Morgan fingerprint density at radius 1 is 1.24 bits per heavy atom. The zero-order valence-corrected chi connectivity index (χ0v) is 11.9. The molecular formula is C16H13ClO4. The van der Waals surface area contributed by atoms with Gasteiger partial charge in [0.1, 0.15) is 24.4 Å². The summed E-state index contributed by atoms with van der Waals surface area (Å²) >= 11 is 6.10. The summed E-state index contributed by atoms with van der Waals surface area (Å²) in [6.07, 6.45) is 0.797. The van der Waals surface area contributed by atoms with Crippen molar-refractivity contribution in [2.24, 2.45) is 0 Å². The predicted octanol–water partition coefficient (Wildman–Crippen LogP) is 3.60. The van der Waals surface area contributed by atoms with Crippen LogP contribution in [0.2, 0.25) is 5.02 Å². The molecule has 0 atom stereocenters. The second-order valence-corrected chi connectivity index (χ2v) is 5.08. The van der Waals surface area contributed by atoms with Crippen molar-refractivity contribution in [2.45, 2.75) is 13.2 Å². The standard InChI is InChI=1S/C16H13ClO4/c17-14-5-12-8-19-10-21-16(12)13(6-14)9-20-15-3-1-11(7-18)2-4-15/h1-7H,8-10H2. The number of aldehydes is 1. The first-order valence-electron chi connectivity index (χ1n) is 6.46. The van der Waals surface area contributed by atoms with Crippen molar-refractivity contribution in [2.75, 3.05) is 6.79 Å². The zero-order chi connectivity index (χ0) is 14.7. The first kappa shape index (κ1) is 13.9. The summed E-state index contributed by atoms with van der Waals surface area (Å²) in [4.78, 5) is 10.6. The molecular weight excluding hydrogens is 292 g/mol. The SMILES string of the molecule is O=Cc1ccc(OCc2cc(Cl)cc3c2OCOC3)cc1. The molecule has 1 aliphatic rings. The van der Waals surface area contributed by atoms with Crippen molar-refractivity contribution >= 4 is 17.9 Å². The number of rotatable bonds is 4. The van der Waals surface area contributed by atoms with Crippen LogP contribution in [0.1, 0.15) is 21.5 Å². The molecule has 0 saturated carbocycles. The van der Waals surface area contributed by atoms with Gasteiger partial charge in [0.2, 0.25) is 0 Å². The Balaban J connectivity index is 1.78. The highest BCUT2D eigenvalue weighted by Crippen LogP contribution is 2.32. The lowest BCUT2D eigenvalue weighted by Gasteiger charge is -2.21. The molecule has 2 aromatic carbocycles. The lowest BCUT2D eigenvalue weighted by molar-refractivity contribution is -0.0175. The maximum atomic E-state index is 10.6. The fraction of sp³-hybridized carbons (Fsp3) is 0.188. The van der Waals surface area contributed by atoms with Gasteiger partial charge in [-0.1, -0.05) is 11.6 Å². The van der Waals surface area contributed by atoms with Gasteiger partial charge in [0.25, 0.3) is 0 Å². The molecule has 108 valence electrons. The summed E-state index contributed by atoms with van der Waals surface area (Å²) in [5.41, 5.74) is 2.41. The molecule has 1 heterocycles. The van der Waals surface area contributed by atoms with Gasteiger partial charge in [-0.15, -0.1) is 0 Å². The van der Waals surface area contributed by atoms with Crippen LogP contribution in [0.4, 0.5) is 0 Å². The molecule has 0 aromatic heterocycles. The first-order chi connectivity index (χ1) is 10.3. The number of hydrogen-bond acceptors (Lipinski definition) is 4. The van der Waals surface area contributed by atoms with Gasteiger partial charge in [0.05, 0.1) is 6.61 Å². The van der Waals surface area contributed by atoms with E-state index in [1.165, 1.54) is 0 Å². The monoisotopic (exact) mass is 304 g/mol. The number of fused-ring (bicyclic) bond motifs is 1. The first-order valence-corrected chi connectivity index (χ1v) is 6.84. The normalized spacial score (nSPS) is 13.2. The topological polar surface area (TPSA) is 44.8 Å². The van der Waals surface area contributed by atoms with Gasteiger partial charge < -0.3 is 14.2 Å². The summed E-state index contributed by atoms with van der Waals surface area (Å²) in [5, 5.41) is 0.623. The Kier molecular flexibility index (Phi) is 4.08. The third-order valence-corrected chi connectivity index (χ3v) is 3.38. The van der Waals surface area contributed by atoms with Crippen LogP contribution in [0, 0.1) is 0 Å². The highest BCUT2D eigenvalue weighted by molar-refractivity contribution is 6.30. The zero-order valence-electron chi connectivity index (χ0n) is 11.2. The van der Waals surface area contributed by atoms with Gasteiger partial charge in [-0.05, 0) is 36.4 Å². The van der Waals surface area contributed by atoms with Crippen molar-refractivity contribution in [3.05, 3.63) is 58.1 Å². The second-order valence-electron chi connectivity index (χ2n) is 4.64. The van der Waals surface area contributed by atoms with Gasteiger partial charge in [0, 0.05) is 21.7 Å².